The second-order valence-electron chi connectivity index (χ2n) is 9.78. The average Bonchev–Trinajstić information content (AvgIpc) is 2.88. The molecule has 0 saturated carbocycles. The number of aromatic nitrogens is 1. The number of hydrogen-bond donors (Lipinski definition) is 0. The molecule has 0 unspecified atom stereocenters. The Morgan fingerprint density at radius 2 is 1.72 bits per heavy atom. The van der Waals surface area contributed by atoms with Gasteiger partial charge in [0.25, 0.3) is 0 Å². The van der Waals surface area contributed by atoms with E-state index in [4.69, 9.17) is 6.57 Å². The fraction of sp³-hybridized carbons (Fsp3) is 0.333. The quantitative estimate of drug-likeness (QED) is 0.330. The van der Waals surface area contributed by atoms with E-state index in [2.05, 4.69) is 101 Å². The molecule has 0 bridgehead atoms. The lowest BCUT2D eigenvalue weighted by Crippen LogP contribution is -2.31. The minimum atomic E-state index is -0.171. The lowest BCUT2D eigenvalue weighted by Gasteiger charge is -2.29. The van der Waals surface area contributed by atoms with E-state index in [9.17, 15) is 0 Å². The fourth-order valence-electron chi connectivity index (χ4n) is 4.90. The smallest absolute Gasteiger partial charge is 0.212 e. The second-order valence-corrected chi connectivity index (χ2v) is 9.78. The van der Waals surface area contributed by atoms with E-state index in [1.807, 2.05) is 6.07 Å². The van der Waals surface area contributed by atoms with E-state index in [0.29, 0.717) is 5.69 Å². The van der Waals surface area contributed by atoms with Gasteiger partial charge in [-0.15, -0.1) is 0 Å². The molecule has 1 aliphatic rings. The van der Waals surface area contributed by atoms with E-state index in [1.165, 1.54) is 44.6 Å². The van der Waals surface area contributed by atoms with Crippen molar-refractivity contribution in [1.82, 2.24) is 0 Å². The van der Waals surface area contributed by atoms with Gasteiger partial charge in [0.1, 0.15) is 7.05 Å². The molecule has 0 atom stereocenters. The molecular formula is C27H29N2+. The molecule has 0 spiro atoms. The minimum Gasteiger partial charge on any atom is -0.238 e. The molecule has 1 heterocycles. The van der Waals surface area contributed by atoms with Crippen LogP contribution in [-0.2, 0) is 17.9 Å². The molecule has 2 nitrogen and oxygen atoms in total. The topological polar surface area (TPSA) is 8.24 Å². The Morgan fingerprint density at radius 1 is 1.00 bits per heavy atom. The molecule has 0 N–H and O–H groups in total. The molecule has 0 fully saturated rings. The molecule has 0 aliphatic heterocycles. The van der Waals surface area contributed by atoms with Crippen LogP contribution in [0.25, 0.3) is 27.2 Å². The molecule has 3 aromatic rings. The summed E-state index contributed by atoms with van der Waals surface area (Å²) in [6.07, 6.45) is 2.12. The monoisotopic (exact) mass is 381 g/mol. The number of benzene rings is 2. The van der Waals surface area contributed by atoms with E-state index >= 15 is 0 Å². The van der Waals surface area contributed by atoms with Gasteiger partial charge in [-0.25, -0.2) is 9.41 Å². The number of aryl methyl sites for hydroxylation is 2. The molecule has 0 radical (unpaired) electrons. The van der Waals surface area contributed by atoms with Crippen LogP contribution in [0.5, 0.6) is 0 Å². The van der Waals surface area contributed by atoms with Crippen molar-refractivity contribution in [2.75, 3.05) is 0 Å². The lowest BCUT2D eigenvalue weighted by molar-refractivity contribution is -0.660. The third-order valence-electron chi connectivity index (χ3n) is 6.34. The molecule has 1 aliphatic carbocycles. The number of rotatable bonds is 1. The van der Waals surface area contributed by atoms with Crippen molar-refractivity contribution < 1.29 is 4.57 Å². The van der Waals surface area contributed by atoms with Gasteiger partial charge < -0.3 is 0 Å². The van der Waals surface area contributed by atoms with Gasteiger partial charge in [0, 0.05) is 17.5 Å². The van der Waals surface area contributed by atoms with Gasteiger partial charge >= 0.3 is 0 Å². The van der Waals surface area contributed by atoms with Gasteiger partial charge in [0.05, 0.1) is 12.1 Å². The Morgan fingerprint density at radius 3 is 2.34 bits per heavy atom. The first kappa shape index (κ1) is 19.4. The van der Waals surface area contributed by atoms with Gasteiger partial charge in [-0.3, -0.25) is 0 Å². The van der Waals surface area contributed by atoms with Crippen LogP contribution in [0.3, 0.4) is 0 Å². The highest BCUT2D eigenvalue weighted by molar-refractivity contribution is 5.91. The second kappa shape index (κ2) is 6.29. The number of pyridine rings is 1. The summed E-state index contributed by atoms with van der Waals surface area (Å²) in [5, 5.41) is 0. The summed E-state index contributed by atoms with van der Waals surface area (Å²) in [6.45, 7) is 21.2. The van der Waals surface area contributed by atoms with Crippen LogP contribution in [0.4, 0.5) is 5.69 Å². The van der Waals surface area contributed by atoms with Crippen molar-refractivity contribution in [3.63, 3.8) is 0 Å². The summed E-state index contributed by atoms with van der Waals surface area (Å²) < 4.78 is 2.21. The maximum Gasteiger partial charge on any atom is 0.212 e. The zero-order valence-electron chi connectivity index (χ0n) is 18.5. The Hall–Kier alpha value is -2.92. The van der Waals surface area contributed by atoms with Gasteiger partial charge in [-0.1, -0.05) is 58.9 Å². The maximum absolute atomic E-state index is 7.50. The van der Waals surface area contributed by atoms with Gasteiger partial charge in [-0.05, 0) is 51.8 Å². The van der Waals surface area contributed by atoms with Crippen molar-refractivity contribution >= 4 is 5.69 Å². The fourth-order valence-corrected chi connectivity index (χ4v) is 4.90. The van der Waals surface area contributed by atoms with Crippen molar-refractivity contribution in [1.29, 1.82) is 0 Å². The van der Waals surface area contributed by atoms with Crippen molar-refractivity contribution in [2.45, 2.75) is 52.4 Å². The minimum absolute atomic E-state index is 0.0302. The molecule has 1 aromatic heterocycles. The van der Waals surface area contributed by atoms with Crippen molar-refractivity contribution in [2.24, 2.45) is 7.05 Å². The number of fused-ring (bicyclic) bond motifs is 3. The molecule has 29 heavy (non-hydrogen) atoms. The maximum atomic E-state index is 7.50. The highest BCUT2D eigenvalue weighted by atomic mass is 14.9. The SMILES string of the molecule is [C-]#[N+]c1ccc2c(c1)C(C)(C)c1c(-c3cccc[n+]3C)c(C)cc(C(C)(C)C)c1-2. The van der Waals surface area contributed by atoms with Gasteiger partial charge in [-0.2, -0.15) is 0 Å². The first-order valence-electron chi connectivity index (χ1n) is 10.2. The zero-order chi connectivity index (χ0) is 21.1. The molecule has 146 valence electrons. The molecular weight excluding hydrogens is 352 g/mol. The Bertz CT molecular complexity index is 1180. The highest BCUT2D eigenvalue weighted by Crippen LogP contribution is 2.56. The summed E-state index contributed by atoms with van der Waals surface area (Å²) in [6, 6.07) is 15.0. The van der Waals surface area contributed by atoms with Crippen LogP contribution < -0.4 is 4.57 Å². The van der Waals surface area contributed by atoms with E-state index in [0.717, 1.165) is 0 Å². The Balaban J connectivity index is 2.20. The molecule has 0 saturated heterocycles. The first-order chi connectivity index (χ1) is 13.6. The normalized spacial score (nSPS) is 14.3. The third-order valence-corrected chi connectivity index (χ3v) is 6.34. The number of nitrogens with zero attached hydrogens (tertiary/aromatic N) is 2. The van der Waals surface area contributed by atoms with Crippen molar-refractivity contribution in [3.05, 3.63) is 82.3 Å². The van der Waals surface area contributed by atoms with Crippen LogP contribution in [0.15, 0.2) is 48.7 Å². The third kappa shape index (κ3) is 2.80. The van der Waals surface area contributed by atoms with Gasteiger partial charge in [0.2, 0.25) is 5.69 Å². The molecule has 2 heteroatoms. The molecule has 0 amide bonds. The summed E-state index contributed by atoms with van der Waals surface area (Å²) in [5.74, 6) is 0. The van der Waals surface area contributed by atoms with E-state index < -0.39 is 0 Å². The van der Waals surface area contributed by atoms with Crippen LogP contribution in [-0.4, -0.2) is 0 Å². The van der Waals surface area contributed by atoms with E-state index in [1.54, 1.807) is 0 Å². The van der Waals surface area contributed by atoms with Crippen LogP contribution in [0, 0.1) is 13.5 Å². The molecule has 4 rings (SSSR count). The largest absolute Gasteiger partial charge is 0.238 e. The standard InChI is InChI=1S/C27H29N2/c1-17-15-21(26(2,3)4)24-19-13-12-18(28-7)16-20(19)27(5,6)25(24)23(17)22-11-9-10-14-29(22)8/h9-16H,1-6,8H3/q+1. The predicted octanol–water partition coefficient (Wildman–Crippen LogP) is 6.64. The zero-order valence-corrected chi connectivity index (χ0v) is 18.5. The Labute approximate surface area is 174 Å². The van der Waals surface area contributed by atoms with Crippen LogP contribution in [0.2, 0.25) is 0 Å². The van der Waals surface area contributed by atoms with Crippen molar-refractivity contribution in [3.8, 4) is 22.4 Å². The summed E-state index contributed by atoms with van der Waals surface area (Å²) >= 11 is 0. The highest BCUT2D eigenvalue weighted by Gasteiger charge is 2.42. The average molecular weight is 382 g/mol. The van der Waals surface area contributed by atoms with E-state index in [-0.39, 0.29) is 10.8 Å². The number of hydrogen-bond acceptors (Lipinski definition) is 0. The Kier molecular flexibility index (Phi) is 4.21. The van der Waals surface area contributed by atoms with Crippen LogP contribution in [0.1, 0.15) is 56.9 Å². The summed E-state index contributed by atoms with van der Waals surface area (Å²) in [4.78, 5) is 3.71. The summed E-state index contributed by atoms with van der Waals surface area (Å²) in [7, 11) is 2.12. The summed E-state index contributed by atoms with van der Waals surface area (Å²) in [5.41, 5.74) is 11.1. The predicted molar refractivity (Wildman–Crippen MR) is 120 cm³/mol. The van der Waals surface area contributed by atoms with Crippen LogP contribution >= 0.6 is 0 Å². The molecule has 2 aromatic carbocycles. The first-order valence-corrected chi connectivity index (χ1v) is 10.2. The van der Waals surface area contributed by atoms with Gasteiger partial charge in [0.15, 0.2) is 11.9 Å². The lowest BCUT2D eigenvalue weighted by atomic mass is 9.74.